The van der Waals surface area contributed by atoms with Gasteiger partial charge in [-0.25, -0.2) is 0 Å². The Morgan fingerprint density at radius 2 is 1.62 bits per heavy atom. The molecule has 0 atom stereocenters. The number of hydrogen-bond acceptors (Lipinski definition) is 5. The van der Waals surface area contributed by atoms with E-state index in [1.807, 2.05) is 11.0 Å². The minimum absolute atomic E-state index is 0.253. The van der Waals surface area contributed by atoms with Gasteiger partial charge in [-0.2, -0.15) is 0 Å². The van der Waals surface area contributed by atoms with Gasteiger partial charge in [0, 0.05) is 45.8 Å². The van der Waals surface area contributed by atoms with Crippen LogP contribution in [0.15, 0.2) is 42.5 Å². The van der Waals surface area contributed by atoms with Crippen LogP contribution in [0.1, 0.15) is 16.7 Å². The molecule has 0 saturated carbocycles. The molecule has 1 fully saturated rings. The lowest BCUT2D eigenvalue weighted by Gasteiger charge is -2.36. The second-order valence-corrected chi connectivity index (χ2v) is 8.07. The number of fused-ring (bicyclic) bond motifs is 2. The Hall–Kier alpha value is -2.57. The summed E-state index contributed by atoms with van der Waals surface area (Å²) in [6.07, 6.45) is 0.964. The van der Waals surface area contributed by atoms with E-state index in [1.165, 1.54) is 16.7 Å². The highest BCUT2D eigenvalue weighted by molar-refractivity contribution is 5.78. The molecule has 1 amide bonds. The summed E-state index contributed by atoms with van der Waals surface area (Å²) >= 11 is 0. The number of carbonyl (C=O) groups excluding carboxylic acids is 1. The molecule has 0 bridgehead atoms. The van der Waals surface area contributed by atoms with Crippen molar-refractivity contribution in [2.45, 2.75) is 19.5 Å². The summed E-state index contributed by atoms with van der Waals surface area (Å²) in [5.41, 5.74) is 3.92. The SMILES string of the molecule is O=C(CN1CCN(Cc2ccc3c(c2)OCO3)CC1)N1CCc2ccccc2C1. The molecule has 3 heterocycles. The van der Waals surface area contributed by atoms with E-state index in [-0.39, 0.29) is 5.91 Å². The Balaban J connectivity index is 1.10. The van der Waals surface area contributed by atoms with Gasteiger partial charge < -0.3 is 14.4 Å². The molecule has 0 aliphatic carbocycles. The van der Waals surface area contributed by atoms with Gasteiger partial charge in [0.25, 0.3) is 0 Å². The number of carbonyl (C=O) groups is 1. The molecular formula is C23H27N3O3. The fourth-order valence-corrected chi connectivity index (χ4v) is 4.40. The van der Waals surface area contributed by atoms with Crippen molar-refractivity contribution in [1.82, 2.24) is 14.7 Å². The molecule has 3 aliphatic heterocycles. The smallest absolute Gasteiger partial charge is 0.237 e. The number of rotatable bonds is 4. The van der Waals surface area contributed by atoms with Crippen LogP contribution in [0.2, 0.25) is 0 Å². The molecule has 0 radical (unpaired) electrons. The van der Waals surface area contributed by atoms with Crippen molar-refractivity contribution in [2.24, 2.45) is 0 Å². The predicted molar refractivity (Wildman–Crippen MR) is 110 cm³/mol. The van der Waals surface area contributed by atoms with Crippen LogP contribution >= 0.6 is 0 Å². The summed E-state index contributed by atoms with van der Waals surface area (Å²) in [4.78, 5) is 19.5. The molecule has 29 heavy (non-hydrogen) atoms. The molecule has 152 valence electrons. The fraction of sp³-hybridized carbons (Fsp3) is 0.435. The van der Waals surface area contributed by atoms with E-state index < -0.39 is 0 Å². The minimum Gasteiger partial charge on any atom is -0.454 e. The largest absolute Gasteiger partial charge is 0.454 e. The van der Waals surface area contributed by atoms with Crippen LogP contribution < -0.4 is 9.47 Å². The van der Waals surface area contributed by atoms with Gasteiger partial charge in [-0.1, -0.05) is 30.3 Å². The van der Waals surface area contributed by atoms with E-state index in [0.29, 0.717) is 13.3 Å². The molecule has 5 rings (SSSR count). The maximum absolute atomic E-state index is 12.8. The fourth-order valence-electron chi connectivity index (χ4n) is 4.40. The van der Waals surface area contributed by atoms with E-state index in [4.69, 9.17) is 9.47 Å². The third kappa shape index (κ3) is 4.09. The zero-order valence-corrected chi connectivity index (χ0v) is 16.7. The molecule has 3 aliphatic rings. The second-order valence-electron chi connectivity index (χ2n) is 8.07. The molecule has 0 unspecified atom stereocenters. The van der Waals surface area contributed by atoms with Crippen LogP contribution in [-0.4, -0.2) is 66.7 Å². The monoisotopic (exact) mass is 393 g/mol. The molecule has 2 aromatic rings. The highest BCUT2D eigenvalue weighted by Crippen LogP contribution is 2.32. The van der Waals surface area contributed by atoms with Crippen LogP contribution in [0, 0.1) is 0 Å². The summed E-state index contributed by atoms with van der Waals surface area (Å²) in [6.45, 7) is 7.14. The number of piperazine rings is 1. The van der Waals surface area contributed by atoms with Gasteiger partial charge >= 0.3 is 0 Å². The minimum atomic E-state index is 0.253. The third-order valence-electron chi connectivity index (χ3n) is 6.15. The van der Waals surface area contributed by atoms with Gasteiger partial charge in [0.05, 0.1) is 6.54 Å². The van der Waals surface area contributed by atoms with Crippen LogP contribution in [-0.2, 0) is 24.3 Å². The van der Waals surface area contributed by atoms with E-state index >= 15 is 0 Å². The number of hydrogen-bond donors (Lipinski definition) is 0. The molecule has 6 heteroatoms. The van der Waals surface area contributed by atoms with Crippen molar-refractivity contribution >= 4 is 5.91 Å². The van der Waals surface area contributed by atoms with Crippen molar-refractivity contribution < 1.29 is 14.3 Å². The quantitative estimate of drug-likeness (QED) is 0.796. The predicted octanol–water partition coefficient (Wildman–Crippen LogP) is 2.12. The molecule has 6 nitrogen and oxygen atoms in total. The summed E-state index contributed by atoms with van der Waals surface area (Å²) in [5, 5.41) is 0. The first-order chi connectivity index (χ1) is 14.2. The van der Waals surface area contributed by atoms with Crippen LogP contribution in [0.3, 0.4) is 0 Å². The zero-order valence-electron chi connectivity index (χ0n) is 16.7. The van der Waals surface area contributed by atoms with Gasteiger partial charge in [-0.3, -0.25) is 14.6 Å². The average molecular weight is 393 g/mol. The number of benzene rings is 2. The highest BCUT2D eigenvalue weighted by Gasteiger charge is 2.24. The topological polar surface area (TPSA) is 45.3 Å². The third-order valence-corrected chi connectivity index (χ3v) is 6.15. The van der Waals surface area contributed by atoms with Gasteiger partial charge in [-0.15, -0.1) is 0 Å². The molecule has 1 saturated heterocycles. The van der Waals surface area contributed by atoms with E-state index in [2.05, 4.69) is 46.2 Å². The summed E-state index contributed by atoms with van der Waals surface area (Å²) in [5.74, 6) is 1.93. The standard InChI is InChI=1S/C23H27N3O3/c27-23(26-8-7-19-3-1-2-4-20(19)15-26)16-25-11-9-24(10-12-25)14-18-5-6-21-22(13-18)29-17-28-21/h1-6,13H,7-12,14-17H2. The Morgan fingerprint density at radius 3 is 2.48 bits per heavy atom. The molecule has 0 spiro atoms. The Morgan fingerprint density at radius 1 is 0.862 bits per heavy atom. The first-order valence-corrected chi connectivity index (χ1v) is 10.4. The van der Waals surface area contributed by atoms with Gasteiger partial charge in [-0.05, 0) is 35.2 Å². The lowest BCUT2D eigenvalue weighted by atomic mass is 10.00. The molecule has 0 aromatic heterocycles. The van der Waals surface area contributed by atoms with Gasteiger partial charge in [0.15, 0.2) is 11.5 Å². The van der Waals surface area contributed by atoms with Crippen molar-refractivity contribution in [1.29, 1.82) is 0 Å². The van der Waals surface area contributed by atoms with E-state index in [0.717, 1.165) is 63.7 Å². The maximum atomic E-state index is 12.8. The van der Waals surface area contributed by atoms with Crippen molar-refractivity contribution in [3.8, 4) is 11.5 Å². The highest BCUT2D eigenvalue weighted by atomic mass is 16.7. The van der Waals surface area contributed by atoms with E-state index in [9.17, 15) is 4.79 Å². The van der Waals surface area contributed by atoms with E-state index in [1.54, 1.807) is 0 Å². The number of ether oxygens (including phenoxy) is 2. The van der Waals surface area contributed by atoms with Crippen LogP contribution in [0.5, 0.6) is 11.5 Å². The average Bonchev–Trinajstić information content (AvgIpc) is 3.23. The second kappa shape index (κ2) is 8.05. The van der Waals surface area contributed by atoms with Crippen molar-refractivity contribution in [3.05, 3.63) is 59.2 Å². The summed E-state index contributed by atoms with van der Waals surface area (Å²) < 4.78 is 10.9. The molecule has 2 aromatic carbocycles. The lowest BCUT2D eigenvalue weighted by Crippen LogP contribution is -2.50. The van der Waals surface area contributed by atoms with Crippen molar-refractivity contribution in [2.75, 3.05) is 46.1 Å². The van der Waals surface area contributed by atoms with Crippen LogP contribution in [0.4, 0.5) is 0 Å². The number of nitrogens with zero attached hydrogens (tertiary/aromatic N) is 3. The molecule has 0 N–H and O–H groups in total. The Bertz CT molecular complexity index is 893. The maximum Gasteiger partial charge on any atom is 0.237 e. The molecular weight excluding hydrogens is 366 g/mol. The van der Waals surface area contributed by atoms with Crippen molar-refractivity contribution in [3.63, 3.8) is 0 Å². The summed E-state index contributed by atoms with van der Waals surface area (Å²) in [6, 6.07) is 14.6. The van der Waals surface area contributed by atoms with Gasteiger partial charge in [0.1, 0.15) is 0 Å². The van der Waals surface area contributed by atoms with Gasteiger partial charge in [0.2, 0.25) is 12.7 Å². The Labute approximate surface area is 171 Å². The first-order valence-electron chi connectivity index (χ1n) is 10.4. The number of amides is 1. The first kappa shape index (κ1) is 18.5. The normalized spacial score (nSPS) is 19.2. The van der Waals surface area contributed by atoms with Crippen LogP contribution in [0.25, 0.3) is 0 Å². The summed E-state index contributed by atoms with van der Waals surface area (Å²) in [7, 11) is 0. The zero-order chi connectivity index (χ0) is 19.6. The lowest BCUT2D eigenvalue weighted by molar-refractivity contribution is -0.133. The Kier molecular flexibility index (Phi) is 5.12.